The molecule has 0 spiro atoms. The number of anilines is 1. The van der Waals surface area contributed by atoms with Crippen LogP contribution in [0.15, 0.2) is 24.5 Å². The Morgan fingerprint density at radius 2 is 2.05 bits per heavy atom. The fraction of sp³-hybridized carbons (Fsp3) is 0.0714. The van der Waals surface area contributed by atoms with Crippen LogP contribution in [0.25, 0.3) is 22.2 Å². The molecule has 0 saturated carbocycles. The largest absolute Gasteiger partial charge is 0.397 e. The van der Waals surface area contributed by atoms with Crippen LogP contribution in [0.3, 0.4) is 0 Å². The Morgan fingerprint density at radius 3 is 2.85 bits per heavy atom. The molecule has 2 N–H and O–H groups in total. The second-order valence-electron chi connectivity index (χ2n) is 4.77. The zero-order valence-corrected chi connectivity index (χ0v) is 11.3. The van der Waals surface area contributed by atoms with E-state index >= 15 is 0 Å². The molecule has 5 nitrogen and oxygen atoms in total. The topological polar surface area (TPSA) is 73.8 Å². The number of aromatic nitrogens is 3. The van der Waals surface area contributed by atoms with E-state index in [1.807, 2.05) is 13.1 Å². The molecule has 1 aliphatic carbocycles. The van der Waals surface area contributed by atoms with E-state index in [4.69, 9.17) is 17.3 Å². The molecule has 0 unspecified atom stereocenters. The Hall–Kier alpha value is -2.40. The van der Waals surface area contributed by atoms with Crippen LogP contribution < -0.4 is 5.73 Å². The first-order chi connectivity index (χ1) is 9.59. The molecule has 0 fully saturated rings. The zero-order valence-electron chi connectivity index (χ0n) is 10.5. The van der Waals surface area contributed by atoms with Gasteiger partial charge in [-0.15, -0.1) is 0 Å². The average molecular weight is 285 g/mol. The van der Waals surface area contributed by atoms with Crippen molar-refractivity contribution in [2.24, 2.45) is 7.05 Å². The lowest BCUT2D eigenvalue weighted by atomic mass is 9.88. The van der Waals surface area contributed by atoms with Crippen LogP contribution in [0.2, 0.25) is 5.02 Å². The first kappa shape index (κ1) is 11.4. The lowest BCUT2D eigenvalue weighted by Gasteiger charge is -2.16. The average Bonchev–Trinajstić information content (AvgIpc) is 2.74. The maximum absolute atomic E-state index is 12.7. The number of hydrogen-bond acceptors (Lipinski definition) is 4. The van der Waals surface area contributed by atoms with Crippen LogP contribution in [0.1, 0.15) is 15.9 Å². The summed E-state index contributed by atoms with van der Waals surface area (Å²) in [6.07, 6.45) is 3.04. The molecule has 0 bridgehead atoms. The van der Waals surface area contributed by atoms with Gasteiger partial charge in [-0.3, -0.25) is 14.5 Å². The minimum atomic E-state index is -0.157. The lowest BCUT2D eigenvalue weighted by Crippen LogP contribution is -2.12. The zero-order chi connectivity index (χ0) is 14.0. The van der Waals surface area contributed by atoms with Gasteiger partial charge in [0.05, 0.1) is 33.6 Å². The van der Waals surface area contributed by atoms with Gasteiger partial charge in [-0.25, -0.2) is 0 Å². The van der Waals surface area contributed by atoms with Gasteiger partial charge in [0.1, 0.15) is 5.69 Å². The number of nitrogen functional groups attached to an aromatic ring is 1. The number of aryl methyl sites for hydroxylation is 1. The highest BCUT2D eigenvalue weighted by Crippen LogP contribution is 2.43. The molecule has 2 heterocycles. The molecule has 1 aliphatic rings. The van der Waals surface area contributed by atoms with Gasteiger partial charge in [-0.05, 0) is 12.1 Å². The number of ketones is 1. The number of nitrogens with zero attached hydrogens (tertiary/aromatic N) is 3. The Bertz CT molecular complexity index is 913. The third kappa shape index (κ3) is 1.20. The second-order valence-corrected chi connectivity index (χ2v) is 5.18. The van der Waals surface area contributed by atoms with Gasteiger partial charge in [-0.2, -0.15) is 5.10 Å². The van der Waals surface area contributed by atoms with Crippen molar-refractivity contribution >= 4 is 34.0 Å². The van der Waals surface area contributed by atoms with Crippen LogP contribution in [0.5, 0.6) is 0 Å². The van der Waals surface area contributed by atoms with E-state index < -0.39 is 0 Å². The number of hydrogen-bond donors (Lipinski definition) is 1. The standard InChI is InChI=1S/C14H9ClN4O/c1-19-9-3-2-7(15)11-12(9)13(18-19)10-6(14(11)20)4-17-5-8(10)16/h2-5H,16H2,1H3. The molecule has 0 radical (unpaired) electrons. The second kappa shape index (κ2) is 3.58. The van der Waals surface area contributed by atoms with Crippen LogP contribution >= 0.6 is 11.6 Å². The van der Waals surface area contributed by atoms with Crippen LogP contribution in [-0.4, -0.2) is 20.5 Å². The fourth-order valence-electron chi connectivity index (χ4n) is 2.77. The lowest BCUT2D eigenvalue weighted by molar-refractivity contribution is 0.104. The fourth-order valence-corrected chi connectivity index (χ4v) is 3.02. The van der Waals surface area contributed by atoms with Crippen molar-refractivity contribution in [3.8, 4) is 11.3 Å². The van der Waals surface area contributed by atoms with E-state index in [1.54, 1.807) is 10.7 Å². The van der Waals surface area contributed by atoms with Crippen molar-refractivity contribution in [3.63, 3.8) is 0 Å². The minimum Gasteiger partial charge on any atom is -0.397 e. The smallest absolute Gasteiger partial charge is 0.197 e. The van der Waals surface area contributed by atoms with Crippen molar-refractivity contribution in [1.82, 2.24) is 14.8 Å². The number of benzene rings is 1. The minimum absolute atomic E-state index is 0.157. The summed E-state index contributed by atoms with van der Waals surface area (Å²) in [5.74, 6) is -0.157. The molecule has 4 rings (SSSR count). The first-order valence-corrected chi connectivity index (χ1v) is 6.41. The van der Waals surface area contributed by atoms with Crippen LogP contribution in [0, 0.1) is 0 Å². The van der Waals surface area contributed by atoms with Gasteiger partial charge in [0, 0.05) is 24.2 Å². The monoisotopic (exact) mass is 284 g/mol. The maximum atomic E-state index is 12.7. The number of rotatable bonds is 0. The summed E-state index contributed by atoms with van der Waals surface area (Å²) in [6.45, 7) is 0. The highest BCUT2D eigenvalue weighted by atomic mass is 35.5. The van der Waals surface area contributed by atoms with Crippen LogP contribution in [0.4, 0.5) is 5.69 Å². The van der Waals surface area contributed by atoms with E-state index in [9.17, 15) is 4.79 Å². The van der Waals surface area contributed by atoms with E-state index in [0.717, 1.165) is 10.9 Å². The summed E-state index contributed by atoms with van der Waals surface area (Å²) in [4.78, 5) is 16.7. The molecule has 20 heavy (non-hydrogen) atoms. The summed E-state index contributed by atoms with van der Waals surface area (Å²) in [5, 5.41) is 5.68. The van der Waals surface area contributed by atoms with E-state index in [1.165, 1.54) is 12.4 Å². The van der Waals surface area contributed by atoms with Crippen molar-refractivity contribution < 1.29 is 4.79 Å². The van der Waals surface area contributed by atoms with E-state index in [-0.39, 0.29) is 5.78 Å². The number of fused-ring (bicyclic) bond motifs is 2. The van der Waals surface area contributed by atoms with E-state index in [2.05, 4.69) is 10.1 Å². The highest BCUT2D eigenvalue weighted by molar-refractivity contribution is 6.39. The van der Waals surface area contributed by atoms with Crippen LogP contribution in [-0.2, 0) is 7.05 Å². The normalized spacial score (nSPS) is 12.8. The molecular formula is C14H9ClN4O. The molecule has 0 amide bonds. The third-order valence-electron chi connectivity index (χ3n) is 3.65. The molecule has 0 saturated heterocycles. The van der Waals surface area contributed by atoms with Crippen molar-refractivity contribution in [3.05, 3.63) is 40.7 Å². The summed E-state index contributed by atoms with van der Waals surface area (Å²) in [7, 11) is 1.83. The highest BCUT2D eigenvalue weighted by Gasteiger charge is 2.31. The molecule has 6 heteroatoms. The maximum Gasteiger partial charge on any atom is 0.197 e. The number of carbonyl (C=O) groups excluding carboxylic acids is 1. The SMILES string of the molecule is Cn1nc2c3c(c(Cl)ccc31)C(=O)c1cncc(N)c1-2. The number of halogens is 1. The Balaban J connectivity index is 2.31. The predicted octanol–water partition coefficient (Wildman–Crippen LogP) is 2.42. The van der Waals surface area contributed by atoms with Crippen molar-refractivity contribution in [1.29, 1.82) is 0 Å². The van der Waals surface area contributed by atoms with Crippen molar-refractivity contribution in [2.45, 2.75) is 0 Å². The van der Waals surface area contributed by atoms with Gasteiger partial charge in [-0.1, -0.05) is 11.6 Å². The Labute approximate surface area is 119 Å². The van der Waals surface area contributed by atoms with E-state index in [0.29, 0.717) is 33.1 Å². The van der Waals surface area contributed by atoms with Gasteiger partial charge < -0.3 is 5.73 Å². The molecule has 1 aromatic carbocycles. The molecule has 3 aromatic rings. The summed E-state index contributed by atoms with van der Waals surface area (Å²) in [6, 6.07) is 3.57. The molecular weight excluding hydrogens is 276 g/mol. The Morgan fingerprint density at radius 1 is 1.25 bits per heavy atom. The van der Waals surface area contributed by atoms with Gasteiger partial charge in [0.25, 0.3) is 0 Å². The van der Waals surface area contributed by atoms with Gasteiger partial charge in [0.15, 0.2) is 5.78 Å². The summed E-state index contributed by atoms with van der Waals surface area (Å²) < 4.78 is 1.73. The number of pyridine rings is 1. The Kier molecular flexibility index (Phi) is 2.04. The summed E-state index contributed by atoms with van der Waals surface area (Å²) in [5.41, 5.74) is 9.55. The predicted molar refractivity (Wildman–Crippen MR) is 76.8 cm³/mol. The molecule has 98 valence electrons. The third-order valence-corrected chi connectivity index (χ3v) is 3.97. The quantitative estimate of drug-likeness (QED) is 0.538. The summed E-state index contributed by atoms with van der Waals surface area (Å²) >= 11 is 6.21. The number of nitrogens with two attached hydrogens (primary N) is 1. The molecule has 2 aromatic heterocycles. The van der Waals surface area contributed by atoms with Gasteiger partial charge >= 0.3 is 0 Å². The number of carbonyl (C=O) groups is 1. The van der Waals surface area contributed by atoms with Crippen molar-refractivity contribution in [2.75, 3.05) is 5.73 Å². The first-order valence-electron chi connectivity index (χ1n) is 6.03. The molecule has 0 atom stereocenters. The van der Waals surface area contributed by atoms with Gasteiger partial charge in [0.2, 0.25) is 0 Å². The molecule has 0 aliphatic heterocycles.